The average molecular weight is 411 g/mol. The Kier molecular flexibility index (Phi) is 5.24. The number of anilines is 2. The molecule has 0 saturated carbocycles. The first kappa shape index (κ1) is 19.0. The van der Waals surface area contributed by atoms with Crippen molar-refractivity contribution in [3.8, 4) is 0 Å². The predicted molar refractivity (Wildman–Crippen MR) is 122 cm³/mol. The third kappa shape index (κ3) is 3.77. The van der Waals surface area contributed by atoms with E-state index in [0.29, 0.717) is 5.92 Å². The molecule has 2 aromatic carbocycles. The van der Waals surface area contributed by atoms with Crippen LogP contribution in [0.5, 0.6) is 0 Å². The highest BCUT2D eigenvalue weighted by Gasteiger charge is 2.22. The van der Waals surface area contributed by atoms with Gasteiger partial charge < -0.3 is 19.3 Å². The van der Waals surface area contributed by atoms with E-state index >= 15 is 0 Å². The minimum atomic E-state index is 0.434. The van der Waals surface area contributed by atoms with Gasteiger partial charge in [-0.2, -0.15) is 0 Å². The molecule has 0 atom stereocenters. The van der Waals surface area contributed by atoms with Crippen LogP contribution in [0.2, 0.25) is 0 Å². The topological polar surface area (TPSA) is 37.8 Å². The molecule has 2 aliphatic heterocycles. The number of nitrogens with zero attached hydrogens (tertiary/aromatic N) is 3. The molecule has 2 saturated heterocycles. The number of rotatable bonds is 3. The van der Waals surface area contributed by atoms with Gasteiger partial charge in [0.15, 0.2) is 0 Å². The summed E-state index contributed by atoms with van der Waals surface area (Å²) in [5, 5.41) is 0. The Morgan fingerprint density at radius 3 is 2.10 bits per heavy atom. The Morgan fingerprint density at radius 2 is 1.45 bits per heavy atom. The molecule has 0 bridgehead atoms. The maximum absolute atomic E-state index is 5.55. The molecule has 5 rings (SSSR count). The van der Waals surface area contributed by atoms with E-state index in [1.54, 1.807) is 0 Å². The quantitative estimate of drug-likeness (QED) is 0.469. The van der Waals surface area contributed by atoms with Crippen molar-refractivity contribution in [1.82, 2.24) is 4.98 Å². The van der Waals surface area contributed by atoms with Gasteiger partial charge in [0.05, 0.1) is 26.4 Å². The standard InChI is InChI=1S/C23H28N3O2S/c1-16(2)19-13-18(26-7-11-28-12-8-26)15-22-23(19)24-20-4-3-17(14-21(20)29-22)25-5-9-27-10-6-25/h3-4,13-16H,5-12H2,1-2H3/q+1. The fourth-order valence-electron chi connectivity index (χ4n) is 4.19. The molecule has 5 nitrogen and oxygen atoms in total. The predicted octanol–water partition coefficient (Wildman–Crippen LogP) is 4.53. The van der Waals surface area contributed by atoms with Crippen LogP contribution in [0.15, 0.2) is 30.3 Å². The third-order valence-corrected chi connectivity index (χ3v) is 6.94. The summed E-state index contributed by atoms with van der Waals surface area (Å²) in [5.41, 5.74) is 6.13. The van der Waals surface area contributed by atoms with Crippen LogP contribution in [0.25, 0.3) is 20.4 Å². The van der Waals surface area contributed by atoms with Crippen molar-refractivity contribution in [3.05, 3.63) is 35.9 Å². The largest absolute Gasteiger partial charge is 0.378 e. The maximum atomic E-state index is 5.55. The van der Waals surface area contributed by atoms with Gasteiger partial charge in [-0.15, -0.1) is 0 Å². The van der Waals surface area contributed by atoms with E-state index in [1.807, 2.05) is 11.3 Å². The molecule has 0 N–H and O–H groups in total. The van der Waals surface area contributed by atoms with E-state index < -0.39 is 0 Å². The zero-order valence-electron chi connectivity index (χ0n) is 17.2. The zero-order valence-corrected chi connectivity index (χ0v) is 18.0. The fourth-order valence-corrected chi connectivity index (χ4v) is 5.26. The SMILES string of the molecule is CC(C)c1cc(N2CCOCC2)cc2[s+]c3cc(N4CCOCC4)ccc3nc12. The minimum absolute atomic E-state index is 0.434. The zero-order chi connectivity index (χ0) is 19.8. The van der Waals surface area contributed by atoms with Crippen LogP contribution in [0.4, 0.5) is 11.4 Å². The van der Waals surface area contributed by atoms with E-state index in [-0.39, 0.29) is 0 Å². The minimum Gasteiger partial charge on any atom is -0.378 e. The van der Waals surface area contributed by atoms with Crippen molar-refractivity contribution in [2.75, 3.05) is 62.4 Å². The molecular formula is C23H28N3O2S+. The fraction of sp³-hybridized carbons (Fsp3) is 0.478. The second-order valence-electron chi connectivity index (χ2n) is 8.10. The Morgan fingerprint density at radius 1 is 0.828 bits per heavy atom. The van der Waals surface area contributed by atoms with Gasteiger partial charge >= 0.3 is 0 Å². The lowest BCUT2D eigenvalue weighted by atomic mass is 10.0. The van der Waals surface area contributed by atoms with Crippen LogP contribution in [0.3, 0.4) is 0 Å². The molecular weight excluding hydrogens is 382 g/mol. The molecule has 1 aromatic heterocycles. The van der Waals surface area contributed by atoms with Gasteiger partial charge in [0.2, 0.25) is 11.3 Å². The normalized spacial score (nSPS) is 18.2. The monoisotopic (exact) mass is 410 g/mol. The first-order chi connectivity index (χ1) is 14.2. The van der Waals surface area contributed by atoms with Crippen molar-refractivity contribution in [1.29, 1.82) is 0 Å². The van der Waals surface area contributed by atoms with Crippen LogP contribution < -0.4 is 9.80 Å². The molecule has 0 amide bonds. The summed E-state index contributed by atoms with van der Waals surface area (Å²) in [6, 6.07) is 11.3. The summed E-state index contributed by atoms with van der Waals surface area (Å²) in [6.45, 7) is 11.5. The van der Waals surface area contributed by atoms with Crippen molar-refractivity contribution >= 4 is 43.1 Å². The molecule has 3 heterocycles. The molecule has 0 spiro atoms. The average Bonchev–Trinajstić information content (AvgIpc) is 2.77. The van der Waals surface area contributed by atoms with Gasteiger partial charge in [0.25, 0.3) is 9.40 Å². The van der Waals surface area contributed by atoms with E-state index in [2.05, 4.69) is 54.0 Å². The van der Waals surface area contributed by atoms with Crippen molar-refractivity contribution < 1.29 is 9.47 Å². The Balaban J connectivity index is 1.62. The smallest absolute Gasteiger partial charge is 0.259 e. The number of hydrogen-bond donors (Lipinski definition) is 0. The van der Waals surface area contributed by atoms with Crippen LogP contribution in [-0.4, -0.2) is 57.6 Å². The second-order valence-corrected chi connectivity index (χ2v) is 9.18. The van der Waals surface area contributed by atoms with E-state index in [9.17, 15) is 0 Å². The second kappa shape index (κ2) is 8.01. The van der Waals surface area contributed by atoms with E-state index in [0.717, 1.165) is 63.6 Å². The summed E-state index contributed by atoms with van der Waals surface area (Å²) in [7, 11) is 0. The molecule has 2 fully saturated rings. The number of aromatic nitrogens is 1. The lowest BCUT2D eigenvalue weighted by molar-refractivity contribution is 0.122. The highest BCUT2D eigenvalue weighted by Crippen LogP contribution is 2.36. The molecule has 6 heteroatoms. The summed E-state index contributed by atoms with van der Waals surface area (Å²) in [4.78, 5) is 9.94. The molecule has 3 aromatic rings. The highest BCUT2D eigenvalue weighted by molar-refractivity contribution is 7.24. The molecule has 29 heavy (non-hydrogen) atoms. The van der Waals surface area contributed by atoms with Gasteiger partial charge in [0, 0.05) is 49.7 Å². The van der Waals surface area contributed by atoms with Crippen molar-refractivity contribution in [3.63, 3.8) is 0 Å². The number of morpholine rings is 2. The van der Waals surface area contributed by atoms with Crippen molar-refractivity contribution in [2.45, 2.75) is 19.8 Å². The number of hydrogen-bond acceptors (Lipinski definition) is 5. The van der Waals surface area contributed by atoms with Crippen LogP contribution in [0.1, 0.15) is 25.3 Å². The lowest BCUT2D eigenvalue weighted by Crippen LogP contribution is -2.36. The Hall–Kier alpha value is -2.02. The lowest BCUT2D eigenvalue weighted by Gasteiger charge is -2.29. The number of fused-ring (bicyclic) bond motifs is 2. The third-order valence-electron chi connectivity index (χ3n) is 5.86. The molecule has 0 unspecified atom stereocenters. The van der Waals surface area contributed by atoms with Crippen LogP contribution in [0, 0.1) is 0 Å². The summed E-state index contributed by atoms with van der Waals surface area (Å²) < 4.78 is 13.6. The van der Waals surface area contributed by atoms with Gasteiger partial charge in [-0.25, -0.2) is 4.98 Å². The Bertz CT molecular complexity index is 1030. The first-order valence-corrected chi connectivity index (χ1v) is 11.4. The Labute approximate surface area is 175 Å². The number of benzene rings is 2. The number of ether oxygens (including phenoxy) is 2. The highest BCUT2D eigenvalue weighted by atomic mass is 32.1. The van der Waals surface area contributed by atoms with Crippen molar-refractivity contribution in [2.24, 2.45) is 0 Å². The van der Waals surface area contributed by atoms with Gasteiger partial charge in [-0.1, -0.05) is 13.8 Å². The molecule has 152 valence electrons. The first-order valence-electron chi connectivity index (χ1n) is 10.6. The van der Waals surface area contributed by atoms with E-state index in [1.165, 1.54) is 26.3 Å². The molecule has 0 aliphatic carbocycles. The van der Waals surface area contributed by atoms with E-state index in [4.69, 9.17) is 14.5 Å². The molecule has 0 radical (unpaired) electrons. The summed E-state index contributed by atoms with van der Waals surface area (Å²) >= 11 is 1.86. The van der Waals surface area contributed by atoms with Gasteiger partial charge in [-0.3, -0.25) is 0 Å². The van der Waals surface area contributed by atoms with Crippen LogP contribution in [-0.2, 0) is 9.47 Å². The van der Waals surface area contributed by atoms with Gasteiger partial charge in [0.1, 0.15) is 11.0 Å². The maximum Gasteiger partial charge on any atom is 0.259 e. The van der Waals surface area contributed by atoms with Gasteiger partial charge in [-0.05, 0) is 29.7 Å². The van der Waals surface area contributed by atoms with Crippen LogP contribution >= 0.6 is 11.3 Å². The molecule has 2 aliphatic rings. The summed E-state index contributed by atoms with van der Waals surface area (Å²) in [5.74, 6) is 0.434. The summed E-state index contributed by atoms with van der Waals surface area (Å²) in [6.07, 6.45) is 0.